The summed E-state index contributed by atoms with van der Waals surface area (Å²) < 4.78 is 37.1. The molecule has 0 aliphatic rings. The monoisotopic (exact) mass is 246 g/mol. The van der Waals surface area contributed by atoms with Crippen molar-refractivity contribution in [1.82, 2.24) is 0 Å². The zero-order chi connectivity index (χ0) is 12.1. The lowest BCUT2D eigenvalue weighted by atomic mass is 10.1. The van der Waals surface area contributed by atoms with Crippen molar-refractivity contribution < 1.29 is 22.7 Å². The summed E-state index contributed by atoms with van der Waals surface area (Å²) in [6.07, 6.45) is 0. The summed E-state index contributed by atoms with van der Waals surface area (Å²) in [6, 6.07) is 4.14. The average Bonchev–Trinajstić information content (AvgIpc) is 2.18. The Kier molecular flexibility index (Phi) is 4.57. The van der Waals surface area contributed by atoms with Crippen LogP contribution in [0, 0.1) is 5.82 Å². The normalized spacial score (nSPS) is 12.2. The molecule has 0 aromatic heterocycles. The van der Waals surface area contributed by atoms with Gasteiger partial charge in [-0.05, 0) is 11.6 Å². The maximum Gasteiger partial charge on any atom is 0.302 e. The summed E-state index contributed by atoms with van der Waals surface area (Å²) in [5, 5.41) is 0. The highest BCUT2D eigenvalue weighted by Crippen LogP contribution is 2.13. The molecular weight excluding hydrogens is 235 g/mol. The van der Waals surface area contributed by atoms with Crippen molar-refractivity contribution in [3.8, 4) is 0 Å². The van der Waals surface area contributed by atoms with Crippen molar-refractivity contribution in [1.29, 1.82) is 0 Å². The molecule has 0 saturated heterocycles. The van der Waals surface area contributed by atoms with Crippen LogP contribution in [-0.4, -0.2) is 14.7 Å². The van der Waals surface area contributed by atoms with Gasteiger partial charge in [-0.2, -0.15) is 0 Å². The van der Waals surface area contributed by atoms with E-state index in [0.717, 1.165) is 0 Å². The topological polar surface area (TPSA) is 63.6 Å². The molecule has 1 N–H and O–H groups in total. The van der Waals surface area contributed by atoms with Crippen molar-refractivity contribution in [2.75, 3.05) is 0 Å². The molecule has 0 aliphatic heterocycles. The Labute approximate surface area is 94.7 Å². The summed E-state index contributed by atoms with van der Waals surface area (Å²) >= 11 is -2.07. The van der Waals surface area contributed by atoms with Crippen molar-refractivity contribution in [3.63, 3.8) is 0 Å². The molecule has 0 heterocycles. The van der Waals surface area contributed by atoms with Crippen molar-refractivity contribution in [2.24, 2.45) is 0 Å². The second-order valence-electron chi connectivity index (χ2n) is 3.17. The van der Waals surface area contributed by atoms with E-state index in [9.17, 15) is 13.4 Å². The zero-order valence-corrected chi connectivity index (χ0v) is 9.42. The molecule has 0 fully saturated rings. The molecule has 0 aliphatic carbocycles. The highest BCUT2D eigenvalue weighted by molar-refractivity contribution is 7.78. The average molecular weight is 246 g/mol. The SMILES string of the molecule is CC(=O)OCc1ccc(CS(=O)O)c(F)c1. The number of benzene rings is 1. The standard InChI is InChI=1S/C10H11FO4S/c1-7(12)15-5-8-2-3-9(6-16(13)14)10(11)4-8/h2-4H,5-6H2,1H3,(H,13,14). The van der Waals surface area contributed by atoms with Crippen LogP contribution in [0.2, 0.25) is 0 Å². The maximum absolute atomic E-state index is 13.3. The molecular formula is C10H11FO4S. The number of hydrogen-bond acceptors (Lipinski definition) is 3. The van der Waals surface area contributed by atoms with E-state index in [1.807, 2.05) is 0 Å². The van der Waals surface area contributed by atoms with Gasteiger partial charge in [0.1, 0.15) is 12.4 Å². The number of rotatable bonds is 4. The number of hydrogen-bond donors (Lipinski definition) is 1. The fourth-order valence-corrected chi connectivity index (χ4v) is 1.62. The van der Waals surface area contributed by atoms with Gasteiger partial charge < -0.3 is 9.29 Å². The number of carbonyl (C=O) groups is 1. The van der Waals surface area contributed by atoms with E-state index < -0.39 is 22.9 Å². The van der Waals surface area contributed by atoms with E-state index in [4.69, 9.17) is 4.55 Å². The summed E-state index contributed by atoms with van der Waals surface area (Å²) in [5.74, 6) is -1.27. The summed E-state index contributed by atoms with van der Waals surface area (Å²) in [6.45, 7) is 1.26. The van der Waals surface area contributed by atoms with E-state index in [1.54, 1.807) is 6.07 Å². The lowest BCUT2D eigenvalue weighted by Gasteiger charge is -2.05. The Hall–Kier alpha value is -1.27. The van der Waals surface area contributed by atoms with Gasteiger partial charge in [0.2, 0.25) is 0 Å². The predicted molar refractivity (Wildman–Crippen MR) is 56.3 cm³/mol. The highest BCUT2D eigenvalue weighted by Gasteiger charge is 2.07. The molecule has 1 aromatic carbocycles. The van der Waals surface area contributed by atoms with Gasteiger partial charge >= 0.3 is 5.97 Å². The second kappa shape index (κ2) is 5.72. The summed E-state index contributed by atoms with van der Waals surface area (Å²) in [7, 11) is 0. The minimum Gasteiger partial charge on any atom is -0.461 e. The van der Waals surface area contributed by atoms with Gasteiger partial charge in [-0.1, -0.05) is 12.1 Å². The molecule has 6 heteroatoms. The molecule has 0 amide bonds. The molecule has 16 heavy (non-hydrogen) atoms. The molecule has 88 valence electrons. The third-order valence-electron chi connectivity index (χ3n) is 1.84. The van der Waals surface area contributed by atoms with Gasteiger partial charge in [-0.3, -0.25) is 4.79 Å². The molecule has 0 bridgehead atoms. The largest absolute Gasteiger partial charge is 0.461 e. The Morgan fingerprint density at radius 2 is 2.25 bits per heavy atom. The third-order valence-corrected chi connectivity index (χ3v) is 2.40. The maximum atomic E-state index is 13.3. The number of ether oxygens (including phenoxy) is 1. The van der Waals surface area contributed by atoms with Gasteiger partial charge in [0.05, 0.1) is 5.75 Å². The van der Waals surface area contributed by atoms with E-state index in [1.165, 1.54) is 19.1 Å². The third kappa shape index (κ3) is 4.08. The van der Waals surface area contributed by atoms with Crippen molar-refractivity contribution in [3.05, 3.63) is 35.1 Å². The Bertz CT molecular complexity index is 419. The van der Waals surface area contributed by atoms with Crippen LogP contribution in [0.15, 0.2) is 18.2 Å². The van der Waals surface area contributed by atoms with E-state index in [-0.39, 0.29) is 17.9 Å². The van der Waals surface area contributed by atoms with Gasteiger partial charge in [0.25, 0.3) is 0 Å². The van der Waals surface area contributed by atoms with Crippen molar-refractivity contribution >= 4 is 17.0 Å². The Morgan fingerprint density at radius 1 is 1.56 bits per heavy atom. The van der Waals surface area contributed by atoms with Crippen molar-refractivity contribution in [2.45, 2.75) is 19.3 Å². The molecule has 1 aromatic rings. The van der Waals surface area contributed by atoms with Crippen LogP contribution in [-0.2, 0) is 33.0 Å². The zero-order valence-electron chi connectivity index (χ0n) is 8.60. The van der Waals surface area contributed by atoms with Crippen LogP contribution in [0.1, 0.15) is 18.1 Å². The summed E-state index contributed by atoms with van der Waals surface area (Å²) in [4.78, 5) is 10.5. The van der Waals surface area contributed by atoms with E-state index in [0.29, 0.717) is 5.56 Å². The number of esters is 1. The molecule has 0 radical (unpaired) electrons. The first-order valence-electron chi connectivity index (χ1n) is 4.47. The lowest BCUT2D eigenvalue weighted by molar-refractivity contribution is -0.142. The molecule has 1 atom stereocenters. The fourth-order valence-electron chi connectivity index (χ4n) is 1.12. The minimum absolute atomic E-state index is 0.00521. The number of carbonyl (C=O) groups excluding carboxylic acids is 1. The Balaban J connectivity index is 2.74. The fraction of sp³-hybridized carbons (Fsp3) is 0.300. The summed E-state index contributed by atoms with van der Waals surface area (Å²) in [5.41, 5.74) is 0.660. The van der Waals surface area contributed by atoms with Crippen LogP contribution >= 0.6 is 0 Å². The van der Waals surface area contributed by atoms with Gasteiger partial charge in [-0.25, -0.2) is 8.60 Å². The smallest absolute Gasteiger partial charge is 0.302 e. The first-order chi connectivity index (χ1) is 7.49. The number of halogens is 1. The van der Waals surface area contributed by atoms with Crippen LogP contribution < -0.4 is 0 Å². The molecule has 0 spiro atoms. The van der Waals surface area contributed by atoms with E-state index in [2.05, 4.69) is 4.74 Å². The minimum atomic E-state index is -2.07. The van der Waals surface area contributed by atoms with Crippen LogP contribution in [0.4, 0.5) is 4.39 Å². The van der Waals surface area contributed by atoms with Crippen LogP contribution in [0.3, 0.4) is 0 Å². The van der Waals surface area contributed by atoms with E-state index >= 15 is 0 Å². The molecule has 4 nitrogen and oxygen atoms in total. The lowest BCUT2D eigenvalue weighted by Crippen LogP contribution is -2.01. The van der Waals surface area contributed by atoms with Gasteiger partial charge in [0, 0.05) is 12.5 Å². The first-order valence-corrected chi connectivity index (χ1v) is 5.74. The quantitative estimate of drug-likeness (QED) is 0.647. The first kappa shape index (κ1) is 12.8. The highest BCUT2D eigenvalue weighted by atomic mass is 32.2. The van der Waals surface area contributed by atoms with Gasteiger partial charge in [-0.15, -0.1) is 0 Å². The Morgan fingerprint density at radius 3 is 2.75 bits per heavy atom. The second-order valence-corrected chi connectivity index (χ2v) is 4.10. The van der Waals surface area contributed by atoms with Crippen LogP contribution in [0.5, 0.6) is 0 Å². The van der Waals surface area contributed by atoms with Crippen LogP contribution in [0.25, 0.3) is 0 Å². The predicted octanol–water partition coefficient (Wildman–Crippen LogP) is 1.61. The molecule has 1 unspecified atom stereocenters. The van der Waals surface area contributed by atoms with Gasteiger partial charge in [0.15, 0.2) is 11.1 Å². The molecule has 1 rings (SSSR count). The molecule has 0 saturated carbocycles.